The summed E-state index contributed by atoms with van der Waals surface area (Å²) in [6, 6.07) is 20.1. The maximum atomic E-state index is 3.59. The van der Waals surface area contributed by atoms with Gasteiger partial charge in [0.2, 0.25) is 0 Å². The number of fused-ring (bicyclic) bond motifs is 3. The van der Waals surface area contributed by atoms with Crippen LogP contribution in [0.4, 0.5) is 0 Å². The van der Waals surface area contributed by atoms with E-state index < -0.39 is 0 Å². The second-order valence-electron chi connectivity index (χ2n) is 5.78. The third kappa shape index (κ3) is 2.06. The number of rotatable bonds is 1. The Labute approximate surface area is 126 Å². The van der Waals surface area contributed by atoms with Crippen LogP contribution >= 0.6 is 12.4 Å². The zero-order valence-electron chi connectivity index (χ0n) is 11.5. The summed E-state index contributed by atoms with van der Waals surface area (Å²) in [5.41, 5.74) is 4.64. The molecule has 1 heterocycles. The van der Waals surface area contributed by atoms with Gasteiger partial charge in [-0.15, -0.1) is 12.4 Å². The van der Waals surface area contributed by atoms with Gasteiger partial charge >= 0.3 is 0 Å². The van der Waals surface area contributed by atoms with E-state index >= 15 is 0 Å². The Hall–Kier alpha value is -1.31. The zero-order valence-corrected chi connectivity index (χ0v) is 12.3. The van der Waals surface area contributed by atoms with E-state index in [2.05, 4.69) is 59.9 Å². The largest absolute Gasteiger partial charge is 0.316 e. The predicted molar refractivity (Wildman–Crippen MR) is 85.7 cm³/mol. The highest BCUT2D eigenvalue weighted by molar-refractivity contribution is 5.85. The van der Waals surface area contributed by atoms with Gasteiger partial charge in [-0.1, -0.05) is 54.6 Å². The maximum absolute atomic E-state index is 3.59. The van der Waals surface area contributed by atoms with Crippen molar-refractivity contribution in [3.63, 3.8) is 0 Å². The van der Waals surface area contributed by atoms with Crippen LogP contribution in [-0.4, -0.2) is 13.1 Å². The molecule has 20 heavy (non-hydrogen) atoms. The Bertz CT molecular complexity index is 581. The Morgan fingerprint density at radius 2 is 1.55 bits per heavy atom. The molecule has 1 aliphatic heterocycles. The minimum absolute atomic E-state index is 0. The first kappa shape index (κ1) is 13.7. The van der Waals surface area contributed by atoms with Gasteiger partial charge < -0.3 is 5.32 Å². The van der Waals surface area contributed by atoms with Crippen molar-refractivity contribution < 1.29 is 0 Å². The molecule has 1 fully saturated rings. The Balaban J connectivity index is 0.00000121. The zero-order chi connectivity index (χ0) is 12.7. The first-order valence-electron chi connectivity index (χ1n) is 7.29. The maximum Gasteiger partial charge on any atom is 0.0138 e. The summed E-state index contributed by atoms with van der Waals surface area (Å²) in [5.74, 6) is 2.06. The summed E-state index contributed by atoms with van der Waals surface area (Å²) in [5, 5.41) is 3.59. The second-order valence-corrected chi connectivity index (χ2v) is 5.78. The Morgan fingerprint density at radius 3 is 2.35 bits per heavy atom. The predicted octanol–water partition coefficient (Wildman–Crippen LogP) is 3.95. The van der Waals surface area contributed by atoms with Crippen LogP contribution in [0.5, 0.6) is 0 Å². The monoisotopic (exact) mass is 285 g/mol. The van der Waals surface area contributed by atoms with E-state index in [1.54, 1.807) is 11.1 Å². The summed E-state index contributed by atoms with van der Waals surface area (Å²) >= 11 is 0. The fourth-order valence-corrected chi connectivity index (χ4v) is 4.07. The number of hydrogen-bond acceptors (Lipinski definition) is 1. The van der Waals surface area contributed by atoms with E-state index in [-0.39, 0.29) is 12.4 Å². The fraction of sp³-hybridized carbons (Fsp3) is 0.333. The molecule has 1 nitrogen and oxygen atoms in total. The van der Waals surface area contributed by atoms with Gasteiger partial charge in [-0.05, 0) is 48.0 Å². The minimum Gasteiger partial charge on any atom is -0.316 e. The lowest BCUT2D eigenvalue weighted by molar-refractivity contribution is 0.327. The van der Waals surface area contributed by atoms with Gasteiger partial charge in [0.1, 0.15) is 0 Å². The van der Waals surface area contributed by atoms with E-state index in [4.69, 9.17) is 0 Å². The molecule has 1 unspecified atom stereocenters. The molecule has 2 aromatic rings. The molecule has 0 spiro atoms. The molecule has 3 atom stereocenters. The van der Waals surface area contributed by atoms with Gasteiger partial charge in [-0.3, -0.25) is 0 Å². The lowest BCUT2D eigenvalue weighted by Crippen LogP contribution is -2.35. The van der Waals surface area contributed by atoms with Gasteiger partial charge in [0, 0.05) is 5.92 Å². The quantitative estimate of drug-likeness (QED) is 0.837. The van der Waals surface area contributed by atoms with Crippen LogP contribution < -0.4 is 5.32 Å². The number of halogens is 1. The molecule has 1 saturated heterocycles. The standard InChI is InChI=1S/C18H19N.ClH/c1-2-6-13(7-3-1)18-16-9-5-4-8-14(16)15-10-11-19-12-17(15)18;/h1-9,15,17-19H,10-12H2;1H/t15-,17-,18?;/m0./s1. The van der Waals surface area contributed by atoms with Crippen molar-refractivity contribution in [3.8, 4) is 0 Å². The smallest absolute Gasteiger partial charge is 0.0138 e. The van der Waals surface area contributed by atoms with Crippen molar-refractivity contribution in [2.24, 2.45) is 5.92 Å². The van der Waals surface area contributed by atoms with E-state index in [0.29, 0.717) is 5.92 Å². The summed E-state index contributed by atoms with van der Waals surface area (Å²) in [6.45, 7) is 2.32. The highest BCUT2D eigenvalue weighted by atomic mass is 35.5. The van der Waals surface area contributed by atoms with Crippen LogP contribution in [0.3, 0.4) is 0 Å². The van der Waals surface area contributed by atoms with Crippen molar-refractivity contribution >= 4 is 12.4 Å². The summed E-state index contributed by atoms with van der Waals surface area (Å²) in [7, 11) is 0. The van der Waals surface area contributed by atoms with Crippen LogP contribution in [0.1, 0.15) is 34.9 Å². The fourth-order valence-electron chi connectivity index (χ4n) is 4.07. The van der Waals surface area contributed by atoms with Crippen molar-refractivity contribution in [2.75, 3.05) is 13.1 Å². The van der Waals surface area contributed by atoms with Crippen LogP contribution in [0.15, 0.2) is 54.6 Å². The van der Waals surface area contributed by atoms with E-state index in [1.165, 1.54) is 12.0 Å². The SMILES string of the molecule is Cl.c1ccc(C2c3ccccc3[C@@H]3CCNC[C@H]23)cc1. The number of nitrogens with one attached hydrogen (secondary N) is 1. The average molecular weight is 286 g/mol. The number of piperidine rings is 1. The van der Waals surface area contributed by atoms with Crippen LogP contribution in [0.25, 0.3) is 0 Å². The van der Waals surface area contributed by atoms with Crippen LogP contribution in [0, 0.1) is 5.92 Å². The lowest BCUT2D eigenvalue weighted by Gasteiger charge is -2.30. The van der Waals surface area contributed by atoms with Crippen molar-refractivity contribution in [1.29, 1.82) is 0 Å². The molecule has 0 bridgehead atoms. The molecule has 104 valence electrons. The van der Waals surface area contributed by atoms with Crippen molar-refractivity contribution in [3.05, 3.63) is 71.3 Å². The second kappa shape index (κ2) is 5.59. The number of hydrogen-bond donors (Lipinski definition) is 1. The van der Waals surface area contributed by atoms with Crippen molar-refractivity contribution in [1.82, 2.24) is 5.32 Å². The highest BCUT2D eigenvalue weighted by Gasteiger charge is 2.41. The highest BCUT2D eigenvalue weighted by Crippen LogP contribution is 2.51. The van der Waals surface area contributed by atoms with Gasteiger partial charge in [-0.2, -0.15) is 0 Å². The molecule has 0 aromatic heterocycles. The molecule has 1 N–H and O–H groups in total. The Kier molecular flexibility index (Phi) is 3.82. The summed E-state index contributed by atoms with van der Waals surface area (Å²) in [4.78, 5) is 0. The van der Waals surface area contributed by atoms with Gasteiger partial charge in [0.15, 0.2) is 0 Å². The van der Waals surface area contributed by atoms with E-state index in [1.807, 2.05) is 0 Å². The lowest BCUT2D eigenvalue weighted by atomic mass is 9.79. The third-order valence-corrected chi connectivity index (χ3v) is 4.85. The first-order valence-corrected chi connectivity index (χ1v) is 7.29. The first-order chi connectivity index (χ1) is 9.45. The van der Waals surface area contributed by atoms with Crippen molar-refractivity contribution in [2.45, 2.75) is 18.3 Å². The molecule has 0 amide bonds. The van der Waals surface area contributed by atoms with Gasteiger partial charge in [0.05, 0.1) is 0 Å². The molecule has 1 aliphatic carbocycles. The molecular formula is C18H20ClN. The summed E-state index contributed by atoms with van der Waals surface area (Å²) in [6.07, 6.45) is 1.28. The third-order valence-electron chi connectivity index (χ3n) is 4.85. The minimum atomic E-state index is 0. The number of benzene rings is 2. The van der Waals surface area contributed by atoms with Crippen LogP contribution in [0.2, 0.25) is 0 Å². The van der Waals surface area contributed by atoms with Crippen LogP contribution in [-0.2, 0) is 0 Å². The molecule has 0 radical (unpaired) electrons. The van der Waals surface area contributed by atoms with Gasteiger partial charge in [0.25, 0.3) is 0 Å². The average Bonchev–Trinajstić information content (AvgIpc) is 2.83. The normalized spacial score (nSPS) is 27.3. The molecule has 2 heteroatoms. The van der Waals surface area contributed by atoms with Gasteiger partial charge in [-0.25, -0.2) is 0 Å². The van der Waals surface area contributed by atoms with E-state index in [0.717, 1.165) is 24.9 Å². The molecule has 2 aliphatic rings. The molecule has 2 aromatic carbocycles. The van der Waals surface area contributed by atoms with E-state index in [9.17, 15) is 0 Å². The Morgan fingerprint density at radius 1 is 0.850 bits per heavy atom. The molecule has 4 rings (SSSR count). The topological polar surface area (TPSA) is 12.0 Å². The molecular weight excluding hydrogens is 266 g/mol. The summed E-state index contributed by atoms with van der Waals surface area (Å²) < 4.78 is 0. The molecule has 0 saturated carbocycles.